The predicted octanol–water partition coefficient (Wildman–Crippen LogP) is 5.34. The number of halogens is 3. The second-order valence-corrected chi connectivity index (χ2v) is 6.37. The molecule has 0 saturated carbocycles. The average molecular weight is 397 g/mol. The van der Waals surface area contributed by atoms with E-state index >= 15 is 0 Å². The van der Waals surface area contributed by atoms with Crippen molar-refractivity contribution in [3.8, 4) is 10.7 Å². The molecule has 0 spiro atoms. The van der Waals surface area contributed by atoms with Gasteiger partial charge in [0.05, 0.1) is 15.0 Å². The summed E-state index contributed by atoms with van der Waals surface area (Å²) >= 11 is 14.6. The van der Waals surface area contributed by atoms with E-state index < -0.39 is 0 Å². The largest absolute Gasteiger partial charge is 0.231 e. The van der Waals surface area contributed by atoms with Crippen molar-refractivity contribution in [3.63, 3.8) is 0 Å². The number of hydrogen-bond donors (Lipinski definition) is 0. The topological polar surface area (TPSA) is 25.8 Å². The molecular weight excluding hydrogens is 387 g/mol. The van der Waals surface area contributed by atoms with E-state index in [1.807, 2.05) is 11.4 Å². The summed E-state index contributed by atoms with van der Waals surface area (Å²) in [5, 5.41) is 2.47. The van der Waals surface area contributed by atoms with Gasteiger partial charge in [-0.05, 0) is 49.7 Å². The van der Waals surface area contributed by atoms with Gasteiger partial charge < -0.3 is 0 Å². The van der Waals surface area contributed by atoms with Gasteiger partial charge in [-0.25, -0.2) is 9.97 Å². The normalized spacial score (nSPS) is 10.8. The van der Waals surface area contributed by atoms with E-state index in [4.69, 9.17) is 11.6 Å². The monoisotopic (exact) mass is 394 g/mol. The van der Waals surface area contributed by atoms with E-state index in [1.54, 1.807) is 11.3 Å². The van der Waals surface area contributed by atoms with Crippen LogP contribution in [0.2, 0.25) is 5.15 Å². The molecule has 2 aromatic rings. The van der Waals surface area contributed by atoms with Gasteiger partial charge in [0, 0.05) is 4.47 Å². The lowest BCUT2D eigenvalue weighted by Crippen LogP contribution is -1.97. The fraction of sp³-hybridized carbons (Fsp3) is 0.273. The molecule has 0 aliphatic carbocycles. The smallest absolute Gasteiger partial charge is 0.172 e. The molecule has 2 heterocycles. The van der Waals surface area contributed by atoms with Crippen molar-refractivity contribution in [3.05, 3.63) is 31.2 Å². The van der Waals surface area contributed by atoms with Crippen LogP contribution in [0.1, 0.15) is 19.0 Å². The minimum Gasteiger partial charge on any atom is -0.231 e. The van der Waals surface area contributed by atoms with Gasteiger partial charge in [0.1, 0.15) is 5.15 Å². The number of hydrogen-bond acceptors (Lipinski definition) is 3. The quantitative estimate of drug-likeness (QED) is 0.655. The van der Waals surface area contributed by atoms with Crippen LogP contribution in [-0.2, 0) is 6.42 Å². The molecule has 0 radical (unpaired) electrons. The molecule has 0 aliphatic rings. The molecule has 0 N–H and O–H groups in total. The Labute approximate surface area is 126 Å². The average Bonchev–Trinajstić information content (AvgIpc) is 2.71. The summed E-state index contributed by atoms with van der Waals surface area (Å²) in [7, 11) is 0. The van der Waals surface area contributed by atoms with Crippen molar-refractivity contribution >= 4 is 54.8 Å². The highest BCUT2D eigenvalue weighted by Gasteiger charge is 2.14. The van der Waals surface area contributed by atoms with Crippen LogP contribution in [0.5, 0.6) is 0 Å². The zero-order valence-electron chi connectivity index (χ0n) is 9.01. The maximum Gasteiger partial charge on any atom is 0.172 e. The lowest BCUT2D eigenvalue weighted by Gasteiger charge is -2.06. The van der Waals surface area contributed by atoms with E-state index in [0.29, 0.717) is 11.0 Å². The Kier molecular flexibility index (Phi) is 4.58. The summed E-state index contributed by atoms with van der Waals surface area (Å²) in [6.45, 7) is 2.11. The molecule has 17 heavy (non-hydrogen) atoms. The number of nitrogens with zero attached hydrogens (tertiary/aromatic N) is 2. The maximum absolute atomic E-state index is 6.12. The van der Waals surface area contributed by atoms with Crippen LogP contribution < -0.4 is 0 Å². The molecule has 0 amide bonds. The molecule has 0 bridgehead atoms. The van der Waals surface area contributed by atoms with Crippen molar-refractivity contribution in [1.82, 2.24) is 9.97 Å². The molecule has 0 aromatic carbocycles. The molecule has 2 aromatic heterocycles. The van der Waals surface area contributed by atoms with Gasteiger partial charge in [0.2, 0.25) is 0 Å². The van der Waals surface area contributed by atoms with Gasteiger partial charge in [-0.2, -0.15) is 0 Å². The van der Waals surface area contributed by atoms with E-state index in [1.165, 1.54) is 0 Å². The summed E-state index contributed by atoms with van der Waals surface area (Å²) < 4.78 is 1.81. The van der Waals surface area contributed by atoms with Gasteiger partial charge >= 0.3 is 0 Å². The lowest BCUT2D eigenvalue weighted by atomic mass is 10.2. The fourth-order valence-electron chi connectivity index (χ4n) is 1.42. The lowest BCUT2D eigenvalue weighted by molar-refractivity contribution is 0.868. The number of thiophene rings is 1. The third-order valence-electron chi connectivity index (χ3n) is 2.19. The van der Waals surface area contributed by atoms with Gasteiger partial charge in [0.15, 0.2) is 5.82 Å². The van der Waals surface area contributed by atoms with Crippen molar-refractivity contribution in [1.29, 1.82) is 0 Å². The third-order valence-corrected chi connectivity index (χ3v) is 5.36. The first kappa shape index (κ1) is 13.5. The molecule has 6 heteroatoms. The minimum absolute atomic E-state index is 0.471. The van der Waals surface area contributed by atoms with Gasteiger partial charge in [-0.1, -0.05) is 24.9 Å². The highest BCUT2D eigenvalue weighted by Crippen LogP contribution is 2.34. The Morgan fingerprint density at radius 1 is 1.35 bits per heavy atom. The van der Waals surface area contributed by atoms with E-state index in [9.17, 15) is 0 Å². The van der Waals surface area contributed by atoms with Gasteiger partial charge in [0.25, 0.3) is 0 Å². The van der Waals surface area contributed by atoms with Crippen LogP contribution in [0.25, 0.3) is 10.7 Å². The van der Waals surface area contributed by atoms with Crippen LogP contribution in [0, 0.1) is 0 Å². The second kappa shape index (κ2) is 5.78. The Morgan fingerprint density at radius 3 is 2.71 bits per heavy atom. The second-order valence-electron chi connectivity index (χ2n) is 3.45. The third kappa shape index (κ3) is 2.89. The van der Waals surface area contributed by atoms with Crippen molar-refractivity contribution in [2.75, 3.05) is 0 Å². The summed E-state index contributed by atoms with van der Waals surface area (Å²) in [6, 6.07) is 1.98. The maximum atomic E-state index is 6.12. The highest BCUT2D eigenvalue weighted by atomic mass is 79.9. The van der Waals surface area contributed by atoms with Crippen molar-refractivity contribution < 1.29 is 0 Å². The summed E-state index contributed by atoms with van der Waals surface area (Å²) in [6.07, 6.45) is 1.91. The SMILES string of the molecule is CCCc1nc(-c2sccc2Br)nc(Cl)c1Br. The van der Waals surface area contributed by atoms with E-state index in [-0.39, 0.29) is 0 Å². The molecule has 2 rings (SSSR count). The molecule has 90 valence electrons. The van der Waals surface area contributed by atoms with Crippen LogP contribution in [-0.4, -0.2) is 9.97 Å². The van der Waals surface area contributed by atoms with Crippen LogP contribution >= 0.6 is 54.8 Å². The van der Waals surface area contributed by atoms with Crippen LogP contribution in [0.15, 0.2) is 20.4 Å². The minimum atomic E-state index is 0.471. The summed E-state index contributed by atoms with van der Waals surface area (Å²) in [5.74, 6) is 0.684. The molecule has 0 unspecified atom stereocenters. The standard InChI is InChI=1S/C11H9Br2ClN2S/c1-2-3-7-8(13)10(14)16-11(15-7)9-6(12)4-5-17-9/h4-5H,2-3H2,1H3. The summed E-state index contributed by atoms with van der Waals surface area (Å²) in [4.78, 5) is 9.88. The molecule has 2 nitrogen and oxygen atoms in total. The van der Waals surface area contributed by atoms with E-state index in [2.05, 4.69) is 48.8 Å². The van der Waals surface area contributed by atoms with Crippen molar-refractivity contribution in [2.45, 2.75) is 19.8 Å². The first-order valence-electron chi connectivity index (χ1n) is 5.08. The Bertz CT molecular complexity index is 542. The molecule has 0 saturated heterocycles. The first-order valence-corrected chi connectivity index (χ1v) is 7.93. The molecule has 0 fully saturated rings. The molecule has 0 atom stereocenters. The Balaban J connectivity index is 2.53. The Morgan fingerprint density at radius 2 is 2.12 bits per heavy atom. The number of rotatable bonds is 3. The fourth-order valence-corrected chi connectivity index (χ4v) is 3.47. The van der Waals surface area contributed by atoms with Crippen LogP contribution in [0.4, 0.5) is 0 Å². The van der Waals surface area contributed by atoms with Crippen molar-refractivity contribution in [2.24, 2.45) is 0 Å². The molecule has 0 aliphatic heterocycles. The summed E-state index contributed by atoms with van der Waals surface area (Å²) in [5.41, 5.74) is 0.961. The Hall–Kier alpha value is 0.0300. The van der Waals surface area contributed by atoms with E-state index in [0.717, 1.165) is 32.4 Å². The predicted molar refractivity (Wildman–Crippen MR) is 79.8 cm³/mol. The number of aryl methyl sites for hydroxylation is 1. The van der Waals surface area contributed by atoms with Gasteiger partial charge in [-0.15, -0.1) is 11.3 Å². The van der Waals surface area contributed by atoms with Crippen LogP contribution in [0.3, 0.4) is 0 Å². The zero-order chi connectivity index (χ0) is 12.4. The number of aromatic nitrogens is 2. The zero-order valence-corrected chi connectivity index (χ0v) is 13.7. The highest BCUT2D eigenvalue weighted by molar-refractivity contribution is 9.11. The van der Waals surface area contributed by atoms with Gasteiger partial charge in [-0.3, -0.25) is 0 Å². The first-order chi connectivity index (χ1) is 8.13. The molecular formula is C11H9Br2ClN2S.